The Morgan fingerprint density at radius 2 is 1.68 bits per heavy atom. The summed E-state index contributed by atoms with van der Waals surface area (Å²) in [5.41, 5.74) is 3.62. The molecule has 2 heterocycles. The number of para-hydroxylation sites is 1. The summed E-state index contributed by atoms with van der Waals surface area (Å²) >= 11 is 0. The fourth-order valence-corrected chi connectivity index (χ4v) is 3.04. The highest BCUT2D eigenvalue weighted by Gasteiger charge is 2.13. The third-order valence-electron chi connectivity index (χ3n) is 4.51. The molecule has 2 aromatic carbocycles. The number of hydrogen-bond acceptors (Lipinski definition) is 6. The Balaban J connectivity index is 1.85. The van der Waals surface area contributed by atoms with Crippen LogP contribution in [0.4, 0.5) is 11.5 Å². The van der Waals surface area contributed by atoms with Crippen LogP contribution in [0.2, 0.25) is 0 Å². The zero-order valence-electron chi connectivity index (χ0n) is 15.9. The Hall–Kier alpha value is -3.67. The Bertz CT molecular complexity index is 1130. The number of nitrogens with one attached hydrogen (secondary N) is 1. The van der Waals surface area contributed by atoms with Crippen LogP contribution in [-0.4, -0.2) is 29.2 Å². The van der Waals surface area contributed by atoms with Crippen molar-refractivity contribution < 1.29 is 9.47 Å². The molecule has 4 rings (SSSR count). The first-order chi connectivity index (χ1) is 13.7. The van der Waals surface area contributed by atoms with E-state index in [4.69, 9.17) is 19.4 Å². The van der Waals surface area contributed by atoms with E-state index >= 15 is 0 Å². The number of benzene rings is 2. The van der Waals surface area contributed by atoms with Gasteiger partial charge in [-0.25, -0.2) is 9.97 Å². The Morgan fingerprint density at radius 1 is 0.893 bits per heavy atom. The number of pyridine rings is 1. The molecule has 0 saturated heterocycles. The monoisotopic (exact) mass is 372 g/mol. The smallest absolute Gasteiger partial charge is 0.163 e. The van der Waals surface area contributed by atoms with Crippen LogP contribution in [0.15, 0.2) is 60.9 Å². The quantitative estimate of drug-likeness (QED) is 0.545. The molecular weight excluding hydrogens is 352 g/mol. The highest BCUT2D eigenvalue weighted by molar-refractivity contribution is 5.92. The molecule has 0 spiro atoms. The Labute approximate surface area is 163 Å². The SMILES string of the molecule is COc1cc(C)c(Nc2nc(-c3cccnc3)nc3ccccc23)cc1OC. The predicted octanol–water partition coefficient (Wildman–Crippen LogP) is 4.76. The van der Waals surface area contributed by atoms with Crippen LogP contribution in [-0.2, 0) is 0 Å². The summed E-state index contributed by atoms with van der Waals surface area (Å²) in [6.07, 6.45) is 3.49. The molecule has 0 saturated carbocycles. The lowest BCUT2D eigenvalue weighted by molar-refractivity contribution is 0.355. The van der Waals surface area contributed by atoms with Crippen LogP contribution >= 0.6 is 0 Å². The summed E-state index contributed by atoms with van der Waals surface area (Å²) in [4.78, 5) is 13.6. The number of ether oxygens (including phenoxy) is 2. The third kappa shape index (κ3) is 3.32. The molecule has 140 valence electrons. The average Bonchev–Trinajstić information content (AvgIpc) is 2.75. The van der Waals surface area contributed by atoms with Gasteiger partial charge in [0, 0.05) is 35.1 Å². The van der Waals surface area contributed by atoms with Crippen LogP contribution in [0.25, 0.3) is 22.3 Å². The minimum Gasteiger partial charge on any atom is -0.493 e. The number of aryl methyl sites for hydroxylation is 1. The van der Waals surface area contributed by atoms with Crippen LogP contribution in [0, 0.1) is 6.92 Å². The average molecular weight is 372 g/mol. The molecule has 6 nitrogen and oxygen atoms in total. The molecule has 0 aliphatic carbocycles. The van der Waals surface area contributed by atoms with Crippen molar-refractivity contribution in [1.29, 1.82) is 0 Å². The Morgan fingerprint density at radius 3 is 2.43 bits per heavy atom. The van der Waals surface area contributed by atoms with Gasteiger partial charge in [0.1, 0.15) is 5.82 Å². The first-order valence-corrected chi connectivity index (χ1v) is 8.86. The van der Waals surface area contributed by atoms with E-state index in [1.807, 2.05) is 55.5 Å². The molecular formula is C22H20N4O2. The number of hydrogen-bond donors (Lipinski definition) is 1. The lowest BCUT2D eigenvalue weighted by Crippen LogP contribution is -2.02. The number of rotatable bonds is 5. The normalized spacial score (nSPS) is 10.7. The molecule has 0 aliphatic heterocycles. The molecule has 0 aliphatic rings. The van der Waals surface area contributed by atoms with E-state index in [0.717, 1.165) is 33.5 Å². The molecule has 0 radical (unpaired) electrons. The summed E-state index contributed by atoms with van der Waals surface area (Å²) < 4.78 is 10.8. The van der Waals surface area contributed by atoms with E-state index in [0.29, 0.717) is 17.3 Å². The van der Waals surface area contributed by atoms with Crippen molar-refractivity contribution in [1.82, 2.24) is 15.0 Å². The van der Waals surface area contributed by atoms with Crippen LogP contribution in [0.1, 0.15) is 5.56 Å². The van der Waals surface area contributed by atoms with E-state index in [1.54, 1.807) is 26.6 Å². The second kappa shape index (κ2) is 7.52. The van der Waals surface area contributed by atoms with Gasteiger partial charge in [-0.1, -0.05) is 12.1 Å². The minimum absolute atomic E-state index is 0.618. The van der Waals surface area contributed by atoms with Gasteiger partial charge in [0.15, 0.2) is 17.3 Å². The first-order valence-electron chi connectivity index (χ1n) is 8.86. The second-order valence-electron chi connectivity index (χ2n) is 6.30. The zero-order chi connectivity index (χ0) is 19.5. The molecule has 0 atom stereocenters. The van der Waals surface area contributed by atoms with E-state index < -0.39 is 0 Å². The number of anilines is 2. The molecule has 0 amide bonds. The molecule has 0 bridgehead atoms. The maximum absolute atomic E-state index is 5.44. The van der Waals surface area contributed by atoms with E-state index in [2.05, 4.69) is 10.3 Å². The second-order valence-corrected chi connectivity index (χ2v) is 6.30. The molecule has 4 aromatic rings. The maximum atomic E-state index is 5.44. The van der Waals surface area contributed by atoms with Crippen molar-refractivity contribution in [3.8, 4) is 22.9 Å². The summed E-state index contributed by atoms with van der Waals surface area (Å²) in [5, 5.41) is 4.38. The minimum atomic E-state index is 0.618. The molecule has 1 N–H and O–H groups in total. The van der Waals surface area contributed by atoms with Gasteiger partial charge < -0.3 is 14.8 Å². The molecule has 0 unspecified atom stereocenters. The molecule has 2 aromatic heterocycles. The summed E-state index contributed by atoms with van der Waals surface area (Å²) in [6.45, 7) is 2.01. The van der Waals surface area contributed by atoms with Crippen molar-refractivity contribution in [2.45, 2.75) is 6.92 Å². The van der Waals surface area contributed by atoms with E-state index in [1.165, 1.54) is 0 Å². The van der Waals surface area contributed by atoms with Gasteiger partial charge in [-0.15, -0.1) is 0 Å². The fraction of sp³-hybridized carbons (Fsp3) is 0.136. The topological polar surface area (TPSA) is 69.2 Å². The molecule has 6 heteroatoms. The van der Waals surface area contributed by atoms with Crippen LogP contribution in [0.3, 0.4) is 0 Å². The van der Waals surface area contributed by atoms with Crippen LogP contribution < -0.4 is 14.8 Å². The van der Waals surface area contributed by atoms with Crippen LogP contribution in [0.5, 0.6) is 11.5 Å². The van der Waals surface area contributed by atoms with Gasteiger partial charge in [0.2, 0.25) is 0 Å². The van der Waals surface area contributed by atoms with Crippen molar-refractivity contribution in [2.75, 3.05) is 19.5 Å². The lowest BCUT2D eigenvalue weighted by Gasteiger charge is -2.15. The number of aromatic nitrogens is 3. The van der Waals surface area contributed by atoms with E-state index in [9.17, 15) is 0 Å². The maximum Gasteiger partial charge on any atom is 0.163 e. The van der Waals surface area contributed by atoms with Crippen molar-refractivity contribution >= 4 is 22.4 Å². The first kappa shape index (κ1) is 17.7. The molecule has 28 heavy (non-hydrogen) atoms. The molecule has 0 fully saturated rings. The highest BCUT2D eigenvalue weighted by atomic mass is 16.5. The van der Waals surface area contributed by atoms with Gasteiger partial charge in [0.25, 0.3) is 0 Å². The Kier molecular flexibility index (Phi) is 4.76. The predicted molar refractivity (Wildman–Crippen MR) is 110 cm³/mol. The van der Waals surface area contributed by atoms with Gasteiger partial charge in [-0.3, -0.25) is 4.98 Å². The van der Waals surface area contributed by atoms with Gasteiger partial charge >= 0.3 is 0 Å². The zero-order valence-corrected chi connectivity index (χ0v) is 15.9. The number of fused-ring (bicyclic) bond motifs is 1. The van der Waals surface area contributed by atoms with Gasteiger partial charge in [0.05, 0.1) is 19.7 Å². The largest absolute Gasteiger partial charge is 0.493 e. The summed E-state index contributed by atoms with van der Waals surface area (Å²) in [6, 6.07) is 15.6. The third-order valence-corrected chi connectivity index (χ3v) is 4.51. The van der Waals surface area contributed by atoms with Crippen molar-refractivity contribution in [2.24, 2.45) is 0 Å². The summed E-state index contributed by atoms with van der Waals surface area (Å²) in [7, 11) is 3.25. The number of methoxy groups -OCH3 is 2. The van der Waals surface area contributed by atoms with Gasteiger partial charge in [-0.05, 0) is 42.8 Å². The van der Waals surface area contributed by atoms with Crippen molar-refractivity contribution in [3.63, 3.8) is 0 Å². The van der Waals surface area contributed by atoms with Crippen molar-refractivity contribution in [3.05, 3.63) is 66.5 Å². The standard InChI is InChI=1S/C22H20N4O2/c1-14-11-19(27-2)20(28-3)12-18(14)25-22-16-8-4-5-9-17(16)24-21(26-22)15-7-6-10-23-13-15/h4-13H,1-3H3,(H,24,25,26). The van der Waals surface area contributed by atoms with E-state index in [-0.39, 0.29) is 0 Å². The number of nitrogens with zero attached hydrogens (tertiary/aromatic N) is 3. The highest BCUT2D eigenvalue weighted by Crippen LogP contribution is 2.35. The summed E-state index contributed by atoms with van der Waals surface area (Å²) in [5.74, 6) is 2.68. The fourth-order valence-electron chi connectivity index (χ4n) is 3.04. The van der Waals surface area contributed by atoms with Gasteiger partial charge in [-0.2, -0.15) is 0 Å². The lowest BCUT2D eigenvalue weighted by atomic mass is 10.1.